The number of thiophene rings is 1. The fraction of sp³-hybridized carbons (Fsp3) is 0.208. The van der Waals surface area contributed by atoms with E-state index in [9.17, 15) is 10.1 Å². The number of hydrogen-bond acceptors (Lipinski definition) is 6. The molecule has 0 spiro atoms. The van der Waals surface area contributed by atoms with Crippen molar-refractivity contribution in [3.05, 3.63) is 74.4 Å². The van der Waals surface area contributed by atoms with Crippen LogP contribution < -0.4 is 15.0 Å². The van der Waals surface area contributed by atoms with Crippen molar-refractivity contribution >= 4 is 21.6 Å². The number of aromatic nitrogens is 2. The summed E-state index contributed by atoms with van der Waals surface area (Å²) in [4.78, 5) is 22.0. The second-order valence-corrected chi connectivity index (χ2v) is 8.23. The fourth-order valence-electron chi connectivity index (χ4n) is 3.35. The predicted molar refractivity (Wildman–Crippen MR) is 122 cm³/mol. The van der Waals surface area contributed by atoms with Gasteiger partial charge in [-0.25, -0.2) is 4.98 Å². The van der Waals surface area contributed by atoms with Gasteiger partial charge in [-0.3, -0.25) is 4.79 Å². The number of rotatable bonds is 6. The summed E-state index contributed by atoms with van der Waals surface area (Å²) in [5.74, 6) is 1.60. The highest BCUT2D eigenvalue weighted by molar-refractivity contribution is 7.18. The average Bonchev–Trinajstić information content (AvgIpc) is 3.07. The zero-order valence-electron chi connectivity index (χ0n) is 17.5. The van der Waals surface area contributed by atoms with Crippen molar-refractivity contribution in [2.24, 2.45) is 0 Å². The number of H-pyrrole nitrogens is 1. The SMILES string of the molecule is CCOc1cc(-c2nc3sc(C)c(C)c3c(=O)[nH]2)ccc1OCc1ccccc1C#N. The van der Waals surface area contributed by atoms with Crippen LogP contribution in [0.25, 0.3) is 21.6 Å². The summed E-state index contributed by atoms with van der Waals surface area (Å²) in [6, 6.07) is 14.9. The first-order valence-corrected chi connectivity index (χ1v) is 10.7. The maximum Gasteiger partial charge on any atom is 0.260 e. The van der Waals surface area contributed by atoms with E-state index in [1.807, 2.05) is 51.1 Å². The minimum Gasteiger partial charge on any atom is -0.490 e. The molecule has 0 saturated carbocycles. The lowest BCUT2D eigenvalue weighted by Gasteiger charge is -2.14. The lowest BCUT2D eigenvalue weighted by atomic mass is 10.1. The van der Waals surface area contributed by atoms with E-state index in [1.54, 1.807) is 12.1 Å². The molecule has 0 fully saturated rings. The molecule has 0 atom stereocenters. The molecule has 31 heavy (non-hydrogen) atoms. The van der Waals surface area contributed by atoms with Gasteiger partial charge >= 0.3 is 0 Å². The molecule has 2 aromatic heterocycles. The minimum absolute atomic E-state index is 0.145. The van der Waals surface area contributed by atoms with E-state index in [2.05, 4.69) is 16.0 Å². The Balaban J connectivity index is 1.68. The van der Waals surface area contributed by atoms with Gasteiger partial charge in [-0.1, -0.05) is 18.2 Å². The van der Waals surface area contributed by atoms with Gasteiger partial charge in [0.2, 0.25) is 0 Å². The number of aryl methyl sites for hydroxylation is 2. The second-order valence-electron chi connectivity index (χ2n) is 7.03. The number of hydrogen-bond donors (Lipinski definition) is 1. The zero-order valence-corrected chi connectivity index (χ0v) is 18.3. The van der Waals surface area contributed by atoms with Crippen LogP contribution in [0.5, 0.6) is 11.5 Å². The normalized spacial score (nSPS) is 10.8. The van der Waals surface area contributed by atoms with Gasteiger partial charge in [0.15, 0.2) is 11.5 Å². The molecular weight excluding hydrogens is 410 g/mol. The Kier molecular flexibility index (Phi) is 5.74. The Hall–Kier alpha value is -3.63. The van der Waals surface area contributed by atoms with E-state index < -0.39 is 0 Å². The summed E-state index contributed by atoms with van der Waals surface area (Å²) in [6.07, 6.45) is 0. The fourth-order valence-corrected chi connectivity index (χ4v) is 4.38. The van der Waals surface area contributed by atoms with Gasteiger partial charge in [0.05, 0.1) is 23.6 Å². The largest absolute Gasteiger partial charge is 0.490 e. The molecule has 4 rings (SSSR count). The number of nitrogens with zero attached hydrogens (tertiary/aromatic N) is 2. The second kappa shape index (κ2) is 8.62. The number of ether oxygens (including phenoxy) is 2. The monoisotopic (exact) mass is 431 g/mol. The highest BCUT2D eigenvalue weighted by Gasteiger charge is 2.15. The van der Waals surface area contributed by atoms with Crippen molar-refractivity contribution in [3.63, 3.8) is 0 Å². The third-order valence-corrected chi connectivity index (χ3v) is 6.18. The van der Waals surface area contributed by atoms with Crippen LogP contribution in [0.1, 0.15) is 28.5 Å². The van der Waals surface area contributed by atoms with E-state index in [1.165, 1.54) is 11.3 Å². The first-order chi connectivity index (χ1) is 15.0. The summed E-state index contributed by atoms with van der Waals surface area (Å²) in [5.41, 5.74) is 2.94. The summed E-state index contributed by atoms with van der Waals surface area (Å²) in [6.45, 7) is 6.53. The molecule has 0 amide bonds. The van der Waals surface area contributed by atoms with E-state index in [-0.39, 0.29) is 12.2 Å². The van der Waals surface area contributed by atoms with Crippen LogP contribution in [0.4, 0.5) is 0 Å². The average molecular weight is 432 g/mol. The van der Waals surface area contributed by atoms with Crippen molar-refractivity contribution in [2.75, 3.05) is 6.61 Å². The number of aromatic amines is 1. The Labute approximate surface area is 183 Å². The summed E-state index contributed by atoms with van der Waals surface area (Å²) in [7, 11) is 0. The standard InChI is InChI=1S/C24H21N3O3S/c1-4-29-20-11-16(22-26-23(28)21-14(2)15(3)31-24(21)27-22)9-10-19(20)30-13-18-8-6-5-7-17(18)12-25/h5-11H,4,13H2,1-3H3,(H,26,27,28). The van der Waals surface area contributed by atoms with Crippen LogP contribution in [0.2, 0.25) is 0 Å². The molecule has 0 radical (unpaired) electrons. The summed E-state index contributed by atoms with van der Waals surface area (Å²) >= 11 is 1.52. The molecule has 0 bridgehead atoms. The lowest BCUT2D eigenvalue weighted by molar-refractivity contribution is 0.269. The number of benzene rings is 2. The van der Waals surface area contributed by atoms with E-state index in [0.29, 0.717) is 34.9 Å². The van der Waals surface area contributed by atoms with Gasteiger partial charge in [-0.15, -0.1) is 11.3 Å². The third kappa shape index (κ3) is 4.03. The number of fused-ring (bicyclic) bond motifs is 1. The van der Waals surface area contributed by atoms with Crippen LogP contribution in [0.3, 0.4) is 0 Å². The smallest absolute Gasteiger partial charge is 0.260 e. The van der Waals surface area contributed by atoms with Crippen molar-refractivity contribution < 1.29 is 9.47 Å². The third-order valence-electron chi connectivity index (χ3n) is 5.08. The Morgan fingerprint density at radius 2 is 1.94 bits per heavy atom. The van der Waals surface area contributed by atoms with Crippen molar-refractivity contribution in [2.45, 2.75) is 27.4 Å². The zero-order chi connectivity index (χ0) is 22.0. The van der Waals surface area contributed by atoms with Gasteiger partial charge in [0.25, 0.3) is 5.56 Å². The van der Waals surface area contributed by atoms with Crippen molar-refractivity contribution in [3.8, 4) is 29.0 Å². The number of nitrogens with one attached hydrogen (secondary N) is 1. The van der Waals surface area contributed by atoms with Crippen LogP contribution in [0.15, 0.2) is 47.3 Å². The molecule has 0 aliphatic heterocycles. The molecule has 6 nitrogen and oxygen atoms in total. The van der Waals surface area contributed by atoms with E-state index in [0.717, 1.165) is 26.4 Å². The van der Waals surface area contributed by atoms with Crippen LogP contribution in [-0.2, 0) is 6.61 Å². The Morgan fingerprint density at radius 1 is 1.13 bits per heavy atom. The molecule has 156 valence electrons. The molecule has 1 N–H and O–H groups in total. The molecular formula is C24H21N3O3S. The van der Waals surface area contributed by atoms with Crippen molar-refractivity contribution in [1.29, 1.82) is 5.26 Å². The highest BCUT2D eigenvalue weighted by Crippen LogP contribution is 2.33. The molecule has 7 heteroatoms. The molecule has 2 heterocycles. The maximum atomic E-state index is 12.6. The van der Waals surface area contributed by atoms with Crippen LogP contribution in [-0.4, -0.2) is 16.6 Å². The Bertz CT molecular complexity index is 1360. The molecule has 0 unspecified atom stereocenters. The minimum atomic E-state index is -0.145. The summed E-state index contributed by atoms with van der Waals surface area (Å²) in [5, 5.41) is 9.91. The molecule has 0 aliphatic carbocycles. The first kappa shape index (κ1) is 20.6. The maximum absolute atomic E-state index is 12.6. The van der Waals surface area contributed by atoms with Gasteiger partial charge in [0, 0.05) is 16.0 Å². The summed E-state index contributed by atoms with van der Waals surface area (Å²) < 4.78 is 11.7. The van der Waals surface area contributed by atoms with Crippen molar-refractivity contribution in [1.82, 2.24) is 9.97 Å². The first-order valence-electron chi connectivity index (χ1n) is 9.89. The van der Waals surface area contributed by atoms with E-state index in [4.69, 9.17) is 9.47 Å². The Morgan fingerprint density at radius 3 is 2.71 bits per heavy atom. The molecule has 2 aromatic carbocycles. The topological polar surface area (TPSA) is 88.0 Å². The molecule has 0 saturated heterocycles. The molecule has 4 aromatic rings. The highest BCUT2D eigenvalue weighted by atomic mass is 32.1. The van der Waals surface area contributed by atoms with Gasteiger partial charge in [-0.05, 0) is 50.6 Å². The van der Waals surface area contributed by atoms with Crippen LogP contribution in [0, 0.1) is 25.2 Å². The molecule has 0 aliphatic rings. The van der Waals surface area contributed by atoms with Gasteiger partial charge < -0.3 is 14.5 Å². The predicted octanol–water partition coefficient (Wildman–Crippen LogP) is 5.12. The van der Waals surface area contributed by atoms with Gasteiger partial charge in [-0.2, -0.15) is 5.26 Å². The quantitative estimate of drug-likeness (QED) is 0.458. The van der Waals surface area contributed by atoms with Crippen LogP contribution >= 0.6 is 11.3 Å². The van der Waals surface area contributed by atoms with E-state index >= 15 is 0 Å². The number of nitriles is 1. The lowest BCUT2D eigenvalue weighted by Crippen LogP contribution is -2.09. The van der Waals surface area contributed by atoms with Gasteiger partial charge in [0.1, 0.15) is 17.3 Å².